The van der Waals surface area contributed by atoms with Crippen molar-refractivity contribution in [3.63, 3.8) is 0 Å². The van der Waals surface area contributed by atoms with E-state index in [-0.39, 0.29) is 0 Å². The third-order valence-corrected chi connectivity index (χ3v) is 6.06. The van der Waals surface area contributed by atoms with Crippen LogP contribution in [0.4, 0.5) is 0 Å². The zero-order valence-electron chi connectivity index (χ0n) is 17.5. The highest BCUT2D eigenvalue weighted by molar-refractivity contribution is 5.55. The lowest BCUT2D eigenvalue weighted by Crippen LogP contribution is -3.22. The molecule has 2 atom stereocenters. The topological polar surface area (TPSA) is 45.8 Å². The fourth-order valence-electron chi connectivity index (χ4n) is 4.83. The van der Waals surface area contributed by atoms with Gasteiger partial charge >= 0.3 is 0 Å². The van der Waals surface area contributed by atoms with Crippen molar-refractivity contribution in [2.45, 2.75) is 51.5 Å². The number of hydrogen-bond donors (Lipinski definition) is 2. The molecule has 2 heterocycles. The molecule has 0 bridgehead atoms. The summed E-state index contributed by atoms with van der Waals surface area (Å²) >= 11 is 0. The van der Waals surface area contributed by atoms with E-state index in [1.165, 1.54) is 31.5 Å². The van der Waals surface area contributed by atoms with Gasteiger partial charge in [-0.3, -0.25) is 0 Å². The van der Waals surface area contributed by atoms with Crippen LogP contribution in [0.2, 0.25) is 0 Å². The molecule has 0 aliphatic carbocycles. The Morgan fingerprint density at radius 3 is 2.11 bits per heavy atom. The first-order valence-electron chi connectivity index (χ1n) is 10.2. The summed E-state index contributed by atoms with van der Waals surface area (Å²) in [6.45, 7) is 10.1. The summed E-state index contributed by atoms with van der Waals surface area (Å²) in [4.78, 5) is 3.36. The zero-order chi connectivity index (χ0) is 19.4. The summed E-state index contributed by atoms with van der Waals surface area (Å²) in [5.74, 6) is 2.20. The van der Waals surface area contributed by atoms with Crippen molar-refractivity contribution >= 4 is 0 Å². The van der Waals surface area contributed by atoms with Crippen molar-refractivity contribution in [2.75, 3.05) is 47.5 Å². The third kappa shape index (κ3) is 4.68. The van der Waals surface area contributed by atoms with Gasteiger partial charge in [0.1, 0.15) is 31.8 Å². The highest BCUT2D eigenvalue weighted by atomic mass is 16.5. The van der Waals surface area contributed by atoms with Crippen LogP contribution >= 0.6 is 0 Å². The Morgan fingerprint density at radius 2 is 1.56 bits per heavy atom. The SMILES string of the molecule is COc1ccc(C[NH+]2CCC([NH+]3C[C@H](C)O[C@@H](C)C3)CC2)c(OC)c1OC. The standard InChI is InChI=1S/C21H34N2O4/c1-15-12-23(13-16(2)27-15)18-8-10-22(11-9-18)14-17-6-7-19(24-3)21(26-5)20(17)25-4/h6-7,15-16,18H,8-14H2,1-5H3/p+2/t15-,16-/m0/s1. The monoisotopic (exact) mass is 380 g/mol. The molecule has 0 unspecified atom stereocenters. The summed E-state index contributed by atoms with van der Waals surface area (Å²) in [5, 5.41) is 0. The first kappa shape index (κ1) is 20.2. The van der Waals surface area contributed by atoms with Crippen LogP contribution in [-0.4, -0.2) is 65.8 Å². The second kappa shape index (κ2) is 9.13. The van der Waals surface area contributed by atoms with E-state index in [0.717, 1.165) is 31.4 Å². The molecule has 1 aromatic carbocycles. The Hall–Kier alpha value is -1.50. The minimum absolute atomic E-state index is 0.380. The Morgan fingerprint density at radius 1 is 0.926 bits per heavy atom. The number of likely N-dealkylation sites (tertiary alicyclic amines) is 1. The molecule has 0 saturated carbocycles. The van der Waals surface area contributed by atoms with E-state index in [9.17, 15) is 0 Å². The van der Waals surface area contributed by atoms with E-state index in [2.05, 4.69) is 19.9 Å². The Balaban J connectivity index is 1.61. The highest BCUT2D eigenvalue weighted by Gasteiger charge is 2.35. The molecule has 2 aliphatic heterocycles. The third-order valence-electron chi connectivity index (χ3n) is 6.06. The van der Waals surface area contributed by atoms with Crippen LogP contribution in [0.3, 0.4) is 0 Å². The Kier molecular flexibility index (Phi) is 6.84. The highest BCUT2D eigenvalue weighted by Crippen LogP contribution is 2.39. The first-order valence-corrected chi connectivity index (χ1v) is 10.2. The van der Waals surface area contributed by atoms with Gasteiger partial charge in [-0.05, 0) is 26.0 Å². The van der Waals surface area contributed by atoms with E-state index in [1.54, 1.807) is 31.1 Å². The molecular formula is C21H36N2O4+2. The van der Waals surface area contributed by atoms with Crippen LogP contribution in [0, 0.1) is 0 Å². The van der Waals surface area contributed by atoms with Crippen LogP contribution in [-0.2, 0) is 11.3 Å². The lowest BCUT2D eigenvalue weighted by molar-refractivity contribution is -0.970. The maximum absolute atomic E-state index is 5.91. The van der Waals surface area contributed by atoms with Crippen molar-refractivity contribution in [1.29, 1.82) is 0 Å². The average Bonchev–Trinajstić information content (AvgIpc) is 2.67. The van der Waals surface area contributed by atoms with Crippen LogP contribution in [0.25, 0.3) is 0 Å². The van der Waals surface area contributed by atoms with Gasteiger partial charge in [-0.15, -0.1) is 0 Å². The lowest BCUT2D eigenvalue weighted by Gasteiger charge is -2.39. The summed E-state index contributed by atoms with van der Waals surface area (Å²) in [5.41, 5.74) is 1.18. The van der Waals surface area contributed by atoms with Gasteiger partial charge in [-0.1, -0.05) is 0 Å². The van der Waals surface area contributed by atoms with Gasteiger partial charge in [-0.25, -0.2) is 0 Å². The number of rotatable bonds is 6. The molecule has 0 amide bonds. The Labute approximate surface area is 163 Å². The predicted octanol–water partition coefficient (Wildman–Crippen LogP) is -0.0482. The predicted molar refractivity (Wildman–Crippen MR) is 104 cm³/mol. The molecule has 2 N–H and O–H groups in total. The summed E-state index contributed by atoms with van der Waals surface area (Å²) in [6.07, 6.45) is 3.31. The summed E-state index contributed by atoms with van der Waals surface area (Å²) in [6, 6.07) is 4.86. The molecule has 6 nitrogen and oxygen atoms in total. The molecular weight excluding hydrogens is 344 g/mol. The number of benzene rings is 1. The molecule has 27 heavy (non-hydrogen) atoms. The minimum Gasteiger partial charge on any atom is -0.493 e. The van der Waals surface area contributed by atoms with Crippen LogP contribution in [0.15, 0.2) is 12.1 Å². The number of hydrogen-bond acceptors (Lipinski definition) is 4. The zero-order valence-corrected chi connectivity index (χ0v) is 17.5. The Bertz CT molecular complexity index is 606. The van der Waals surface area contributed by atoms with Crippen molar-refractivity contribution < 1.29 is 28.7 Å². The number of piperidine rings is 1. The normalized spacial score (nSPS) is 31.4. The fraction of sp³-hybridized carbons (Fsp3) is 0.714. The van der Waals surface area contributed by atoms with Gasteiger partial charge < -0.3 is 28.7 Å². The second-order valence-corrected chi connectivity index (χ2v) is 8.02. The maximum Gasteiger partial charge on any atom is 0.203 e. The largest absolute Gasteiger partial charge is 0.493 e. The van der Waals surface area contributed by atoms with E-state index in [1.807, 2.05) is 6.07 Å². The van der Waals surface area contributed by atoms with Crippen LogP contribution in [0.5, 0.6) is 17.2 Å². The van der Waals surface area contributed by atoms with Gasteiger partial charge in [0.2, 0.25) is 5.75 Å². The number of morpholine rings is 1. The van der Waals surface area contributed by atoms with Crippen LogP contribution in [0.1, 0.15) is 32.3 Å². The molecule has 0 aromatic heterocycles. The van der Waals surface area contributed by atoms with Crippen molar-refractivity contribution in [3.8, 4) is 17.2 Å². The minimum atomic E-state index is 0.380. The van der Waals surface area contributed by atoms with Gasteiger partial charge in [0.05, 0.1) is 46.0 Å². The summed E-state index contributed by atoms with van der Waals surface area (Å²) in [7, 11) is 5.02. The van der Waals surface area contributed by atoms with Crippen molar-refractivity contribution in [2.24, 2.45) is 0 Å². The number of quaternary nitrogens is 2. The second-order valence-electron chi connectivity index (χ2n) is 8.02. The number of ether oxygens (including phenoxy) is 4. The lowest BCUT2D eigenvalue weighted by atomic mass is 10.0. The van der Waals surface area contributed by atoms with E-state index >= 15 is 0 Å². The van der Waals surface area contributed by atoms with E-state index in [0.29, 0.717) is 23.7 Å². The van der Waals surface area contributed by atoms with Gasteiger partial charge in [-0.2, -0.15) is 0 Å². The fourth-order valence-corrected chi connectivity index (χ4v) is 4.83. The molecule has 6 heteroatoms. The van der Waals surface area contributed by atoms with Gasteiger partial charge in [0, 0.05) is 12.8 Å². The maximum atomic E-state index is 5.91. The quantitative estimate of drug-likeness (QED) is 0.727. The molecule has 3 rings (SSSR count). The van der Waals surface area contributed by atoms with Crippen LogP contribution < -0.4 is 24.0 Å². The number of methoxy groups -OCH3 is 3. The van der Waals surface area contributed by atoms with Gasteiger partial charge in [0.15, 0.2) is 11.5 Å². The first-order chi connectivity index (χ1) is 13.0. The van der Waals surface area contributed by atoms with Gasteiger partial charge in [0.25, 0.3) is 0 Å². The molecule has 152 valence electrons. The molecule has 0 spiro atoms. The number of nitrogens with one attached hydrogen (secondary N) is 2. The molecule has 1 aromatic rings. The van der Waals surface area contributed by atoms with Crippen molar-refractivity contribution in [1.82, 2.24) is 0 Å². The average molecular weight is 381 g/mol. The van der Waals surface area contributed by atoms with Crippen molar-refractivity contribution in [3.05, 3.63) is 17.7 Å². The van der Waals surface area contributed by atoms with E-state index < -0.39 is 0 Å². The summed E-state index contributed by atoms with van der Waals surface area (Å²) < 4.78 is 22.5. The molecule has 2 aliphatic rings. The molecule has 2 fully saturated rings. The smallest absolute Gasteiger partial charge is 0.203 e. The molecule has 0 radical (unpaired) electrons. The molecule has 2 saturated heterocycles. The van der Waals surface area contributed by atoms with E-state index in [4.69, 9.17) is 18.9 Å².